The number of rotatable bonds is 3. The summed E-state index contributed by atoms with van der Waals surface area (Å²) in [6, 6.07) is 9.40. The first-order valence-electron chi connectivity index (χ1n) is 4.92. The lowest BCUT2D eigenvalue weighted by atomic mass is 9.89. The molecule has 1 aliphatic rings. The Labute approximate surface area is 93.8 Å². The molecule has 1 aromatic carbocycles. The SMILES string of the molecule is N[C@@H]1C(=O)N(CCCl)[C@@H]1c1ccccc1. The zero-order valence-electron chi connectivity index (χ0n) is 8.27. The van der Waals surface area contributed by atoms with Crippen LogP contribution < -0.4 is 5.73 Å². The van der Waals surface area contributed by atoms with E-state index >= 15 is 0 Å². The van der Waals surface area contributed by atoms with Crippen LogP contribution >= 0.6 is 11.6 Å². The van der Waals surface area contributed by atoms with Crippen LogP contribution in [0.4, 0.5) is 0 Å². The molecule has 1 aliphatic heterocycles. The average Bonchev–Trinajstić information content (AvgIpc) is 2.29. The Morgan fingerprint density at radius 1 is 1.33 bits per heavy atom. The second kappa shape index (κ2) is 4.21. The van der Waals surface area contributed by atoms with Crippen LogP contribution in [-0.4, -0.2) is 29.3 Å². The molecule has 0 aliphatic carbocycles. The summed E-state index contributed by atoms with van der Waals surface area (Å²) in [6.45, 7) is 0.563. The summed E-state index contributed by atoms with van der Waals surface area (Å²) >= 11 is 5.64. The van der Waals surface area contributed by atoms with E-state index in [9.17, 15) is 4.79 Å². The van der Waals surface area contributed by atoms with Crippen LogP contribution in [0.5, 0.6) is 0 Å². The molecule has 1 saturated heterocycles. The summed E-state index contributed by atoms with van der Waals surface area (Å²) in [5, 5.41) is 0. The van der Waals surface area contributed by atoms with Crippen molar-refractivity contribution in [1.29, 1.82) is 0 Å². The number of amides is 1. The minimum atomic E-state index is -0.407. The molecular weight excluding hydrogens is 212 g/mol. The predicted octanol–water partition coefficient (Wildman–Crippen LogP) is 1.14. The van der Waals surface area contributed by atoms with Crippen LogP contribution in [-0.2, 0) is 4.79 Å². The second-order valence-corrected chi connectivity index (χ2v) is 3.98. The van der Waals surface area contributed by atoms with Crippen LogP contribution in [0.1, 0.15) is 11.6 Å². The third-order valence-electron chi connectivity index (χ3n) is 2.71. The molecule has 1 amide bonds. The number of halogens is 1. The van der Waals surface area contributed by atoms with Gasteiger partial charge in [0, 0.05) is 12.4 Å². The fourth-order valence-corrected chi connectivity index (χ4v) is 2.14. The van der Waals surface area contributed by atoms with E-state index in [4.69, 9.17) is 17.3 Å². The molecule has 15 heavy (non-hydrogen) atoms. The van der Waals surface area contributed by atoms with E-state index in [1.165, 1.54) is 0 Å². The number of β-lactam (4-membered cyclic amide) rings is 1. The first-order chi connectivity index (χ1) is 7.25. The van der Waals surface area contributed by atoms with Crippen molar-refractivity contribution in [2.45, 2.75) is 12.1 Å². The van der Waals surface area contributed by atoms with E-state index in [1.54, 1.807) is 4.90 Å². The number of carbonyl (C=O) groups is 1. The van der Waals surface area contributed by atoms with Crippen LogP contribution in [0.25, 0.3) is 0 Å². The van der Waals surface area contributed by atoms with Crippen LogP contribution in [0.15, 0.2) is 30.3 Å². The minimum Gasteiger partial charge on any atom is -0.331 e. The van der Waals surface area contributed by atoms with Gasteiger partial charge in [-0.2, -0.15) is 0 Å². The Morgan fingerprint density at radius 3 is 2.60 bits per heavy atom. The molecule has 0 radical (unpaired) electrons. The number of benzene rings is 1. The van der Waals surface area contributed by atoms with Crippen molar-refractivity contribution in [3.8, 4) is 0 Å². The smallest absolute Gasteiger partial charge is 0.242 e. The van der Waals surface area contributed by atoms with Gasteiger partial charge in [0.2, 0.25) is 5.91 Å². The van der Waals surface area contributed by atoms with E-state index in [-0.39, 0.29) is 11.9 Å². The minimum absolute atomic E-state index is 0.00236. The van der Waals surface area contributed by atoms with Gasteiger partial charge in [-0.3, -0.25) is 4.79 Å². The van der Waals surface area contributed by atoms with Crippen molar-refractivity contribution in [2.24, 2.45) is 5.73 Å². The van der Waals surface area contributed by atoms with Gasteiger partial charge in [0.15, 0.2) is 0 Å². The summed E-state index contributed by atoms with van der Waals surface area (Å²) in [4.78, 5) is 13.2. The Morgan fingerprint density at radius 2 is 2.00 bits per heavy atom. The Balaban J connectivity index is 2.18. The second-order valence-electron chi connectivity index (χ2n) is 3.60. The molecule has 80 valence electrons. The number of hydrogen-bond acceptors (Lipinski definition) is 2. The Hall–Kier alpha value is -1.06. The fourth-order valence-electron chi connectivity index (χ4n) is 1.95. The topological polar surface area (TPSA) is 46.3 Å². The lowest BCUT2D eigenvalue weighted by Crippen LogP contribution is -2.63. The average molecular weight is 225 g/mol. The molecule has 1 heterocycles. The van der Waals surface area contributed by atoms with Crippen LogP contribution in [0, 0.1) is 0 Å². The standard InChI is InChI=1S/C11H13ClN2O/c12-6-7-14-10(9(13)11(14)15)8-4-2-1-3-5-8/h1-5,9-10H,6-7,13H2/t9-,10+/m0/s1. The highest BCUT2D eigenvalue weighted by atomic mass is 35.5. The van der Waals surface area contributed by atoms with E-state index in [0.29, 0.717) is 12.4 Å². The van der Waals surface area contributed by atoms with E-state index in [2.05, 4.69) is 0 Å². The molecule has 0 unspecified atom stereocenters. The van der Waals surface area contributed by atoms with E-state index in [0.717, 1.165) is 5.56 Å². The predicted molar refractivity (Wildman–Crippen MR) is 59.6 cm³/mol. The summed E-state index contributed by atoms with van der Waals surface area (Å²) < 4.78 is 0. The van der Waals surface area contributed by atoms with Crippen molar-refractivity contribution >= 4 is 17.5 Å². The maximum atomic E-state index is 11.5. The highest BCUT2D eigenvalue weighted by molar-refractivity contribution is 6.18. The van der Waals surface area contributed by atoms with E-state index < -0.39 is 6.04 Å². The molecule has 3 nitrogen and oxygen atoms in total. The zero-order chi connectivity index (χ0) is 10.8. The zero-order valence-corrected chi connectivity index (χ0v) is 9.02. The first kappa shape index (κ1) is 10.5. The monoisotopic (exact) mass is 224 g/mol. The van der Waals surface area contributed by atoms with Gasteiger partial charge in [-0.05, 0) is 5.56 Å². The van der Waals surface area contributed by atoms with Gasteiger partial charge in [0.05, 0.1) is 6.04 Å². The van der Waals surface area contributed by atoms with Gasteiger partial charge < -0.3 is 10.6 Å². The number of nitrogens with two attached hydrogens (primary N) is 1. The molecule has 2 N–H and O–H groups in total. The van der Waals surface area contributed by atoms with Gasteiger partial charge in [-0.1, -0.05) is 30.3 Å². The quantitative estimate of drug-likeness (QED) is 0.618. The molecule has 0 spiro atoms. The number of hydrogen-bond donors (Lipinski definition) is 1. The highest BCUT2D eigenvalue weighted by Gasteiger charge is 2.44. The van der Waals surface area contributed by atoms with Gasteiger partial charge in [0.25, 0.3) is 0 Å². The summed E-state index contributed by atoms with van der Waals surface area (Å²) in [5.74, 6) is 0.437. The van der Waals surface area contributed by atoms with Crippen molar-refractivity contribution in [2.75, 3.05) is 12.4 Å². The number of alkyl halides is 1. The van der Waals surface area contributed by atoms with Crippen molar-refractivity contribution in [3.05, 3.63) is 35.9 Å². The lowest BCUT2D eigenvalue weighted by Gasteiger charge is -2.45. The normalized spacial score (nSPS) is 25.2. The van der Waals surface area contributed by atoms with Crippen molar-refractivity contribution in [3.63, 3.8) is 0 Å². The Kier molecular flexibility index (Phi) is 2.93. The summed E-state index contributed by atoms with van der Waals surface area (Å²) in [5.41, 5.74) is 6.86. The van der Waals surface area contributed by atoms with Crippen LogP contribution in [0.3, 0.4) is 0 Å². The van der Waals surface area contributed by atoms with Crippen molar-refractivity contribution < 1.29 is 4.79 Å². The maximum absolute atomic E-state index is 11.5. The molecule has 1 aromatic rings. The molecule has 4 heteroatoms. The summed E-state index contributed by atoms with van der Waals surface area (Å²) in [7, 11) is 0. The third kappa shape index (κ3) is 1.73. The molecule has 2 rings (SSSR count). The van der Waals surface area contributed by atoms with Crippen molar-refractivity contribution in [1.82, 2.24) is 4.90 Å². The fraction of sp³-hybridized carbons (Fsp3) is 0.364. The Bertz CT molecular complexity index is 355. The molecule has 2 atom stereocenters. The molecule has 0 bridgehead atoms. The largest absolute Gasteiger partial charge is 0.331 e. The molecule has 0 saturated carbocycles. The number of nitrogens with zero attached hydrogens (tertiary/aromatic N) is 1. The maximum Gasteiger partial charge on any atom is 0.242 e. The van der Waals surface area contributed by atoms with Gasteiger partial charge in [0.1, 0.15) is 6.04 Å². The molecule has 0 aromatic heterocycles. The summed E-state index contributed by atoms with van der Waals surface area (Å²) in [6.07, 6.45) is 0. The lowest BCUT2D eigenvalue weighted by molar-refractivity contribution is -0.149. The molecular formula is C11H13ClN2O. The first-order valence-corrected chi connectivity index (χ1v) is 5.46. The number of likely N-dealkylation sites (tertiary alicyclic amines) is 1. The molecule has 1 fully saturated rings. The van der Waals surface area contributed by atoms with Gasteiger partial charge >= 0.3 is 0 Å². The van der Waals surface area contributed by atoms with Crippen LogP contribution in [0.2, 0.25) is 0 Å². The van der Waals surface area contributed by atoms with Gasteiger partial charge in [-0.15, -0.1) is 11.6 Å². The highest BCUT2D eigenvalue weighted by Crippen LogP contribution is 2.32. The number of carbonyl (C=O) groups excluding carboxylic acids is 1. The van der Waals surface area contributed by atoms with Gasteiger partial charge in [-0.25, -0.2) is 0 Å². The third-order valence-corrected chi connectivity index (χ3v) is 2.88. The van der Waals surface area contributed by atoms with E-state index in [1.807, 2.05) is 30.3 Å².